The Labute approximate surface area is 152 Å². The molecule has 0 saturated heterocycles. The summed E-state index contributed by atoms with van der Waals surface area (Å²) in [6, 6.07) is 8.29. The molecule has 4 heteroatoms. The molecule has 0 aliphatic rings. The molecule has 0 aromatic heterocycles. The van der Waals surface area contributed by atoms with E-state index in [1.165, 1.54) is 12.5 Å². The maximum Gasteiger partial charge on any atom is 0.302 e. The van der Waals surface area contributed by atoms with E-state index in [1.54, 1.807) is 0 Å². The van der Waals surface area contributed by atoms with E-state index in [2.05, 4.69) is 46.8 Å². The van der Waals surface area contributed by atoms with Crippen LogP contribution in [0.15, 0.2) is 24.3 Å². The second-order valence-corrected chi connectivity index (χ2v) is 7.83. The zero-order valence-corrected chi connectivity index (χ0v) is 16.8. The molecular weight excluding hydrogens is 316 g/mol. The molecule has 0 aliphatic carbocycles. The average molecular weight is 350 g/mol. The summed E-state index contributed by atoms with van der Waals surface area (Å²) in [5, 5.41) is 0. The van der Waals surface area contributed by atoms with Gasteiger partial charge in [0.2, 0.25) is 0 Å². The van der Waals surface area contributed by atoms with Crippen molar-refractivity contribution in [2.24, 2.45) is 11.3 Å². The first-order valence-corrected chi connectivity index (χ1v) is 9.16. The predicted octanol–water partition coefficient (Wildman–Crippen LogP) is 5.17. The zero-order chi connectivity index (χ0) is 19.0. The van der Waals surface area contributed by atoms with Gasteiger partial charge in [-0.3, -0.25) is 4.79 Å². The summed E-state index contributed by atoms with van der Waals surface area (Å²) in [4.78, 5) is 10.8. The molecule has 2 unspecified atom stereocenters. The first kappa shape index (κ1) is 21.5. The largest absolute Gasteiger partial charge is 0.465 e. The Morgan fingerprint density at radius 2 is 1.84 bits per heavy atom. The maximum absolute atomic E-state index is 10.8. The van der Waals surface area contributed by atoms with E-state index in [0.29, 0.717) is 18.4 Å². The highest BCUT2D eigenvalue weighted by molar-refractivity contribution is 5.65. The fourth-order valence-corrected chi connectivity index (χ4v) is 3.42. The Morgan fingerprint density at radius 3 is 2.36 bits per heavy atom. The van der Waals surface area contributed by atoms with Crippen LogP contribution in [0.25, 0.3) is 0 Å². The molecule has 1 rings (SSSR count). The molecular formula is C21H34O4. The molecule has 0 heterocycles. The molecule has 2 atom stereocenters. The highest BCUT2D eigenvalue weighted by Crippen LogP contribution is 2.41. The van der Waals surface area contributed by atoms with Crippen molar-refractivity contribution in [3.63, 3.8) is 0 Å². The lowest BCUT2D eigenvalue weighted by atomic mass is 9.70. The van der Waals surface area contributed by atoms with Crippen LogP contribution in [0.3, 0.4) is 0 Å². The predicted molar refractivity (Wildman–Crippen MR) is 101 cm³/mol. The first-order valence-electron chi connectivity index (χ1n) is 9.16. The summed E-state index contributed by atoms with van der Waals surface area (Å²) in [6.07, 6.45) is 0.370. The smallest absolute Gasteiger partial charge is 0.302 e. The van der Waals surface area contributed by atoms with Crippen LogP contribution in [-0.4, -0.2) is 25.5 Å². The maximum atomic E-state index is 10.8. The monoisotopic (exact) mass is 350 g/mol. The van der Waals surface area contributed by atoms with Gasteiger partial charge in [-0.2, -0.15) is 0 Å². The zero-order valence-electron chi connectivity index (χ0n) is 16.8. The molecule has 0 N–H and O–H groups in total. The van der Waals surface area contributed by atoms with Crippen molar-refractivity contribution in [3.8, 4) is 5.75 Å². The average Bonchev–Trinajstić information content (AvgIpc) is 2.48. The van der Waals surface area contributed by atoms with Gasteiger partial charge in [-0.1, -0.05) is 53.7 Å². The molecule has 1 aromatic carbocycles. The number of ether oxygens (including phenoxy) is 3. The molecule has 0 spiro atoms. The van der Waals surface area contributed by atoms with Gasteiger partial charge < -0.3 is 14.2 Å². The van der Waals surface area contributed by atoms with Crippen LogP contribution in [0.2, 0.25) is 0 Å². The molecule has 25 heavy (non-hydrogen) atoms. The van der Waals surface area contributed by atoms with Crippen LogP contribution in [0, 0.1) is 11.3 Å². The minimum absolute atomic E-state index is 0.178. The number of carbonyl (C=O) groups excluding carboxylic acids is 1. The van der Waals surface area contributed by atoms with Crippen LogP contribution in [0.5, 0.6) is 5.75 Å². The fraction of sp³-hybridized carbons (Fsp3) is 0.667. The molecule has 4 nitrogen and oxygen atoms in total. The number of esters is 1. The Bertz CT molecular complexity index is 531. The first-order chi connectivity index (χ1) is 11.6. The molecule has 0 radical (unpaired) electrons. The minimum Gasteiger partial charge on any atom is -0.465 e. The minimum atomic E-state index is -0.349. The highest BCUT2D eigenvalue weighted by Gasteiger charge is 2.29. The Hall–Kier alpha value is -1.55. The molecule has 0 fully saturated rings. The van der Waals surface area contributed by atoms with E-state index in [1.807, 2.05) is 19.1 Å². The van der Waals surface area contributed by atoms with Crippen LogP contribution >= 0.6 is 0 Å². The summed E-state index contributed by atoms with van der Waals surface area (Å²) >= 11 is 0. The molecule has 0 bridgehead atoms. The lowest BCUT2D eigenvalue weighted by Gasteiger charge is -2.34. The Kier molecular flexibility index (Phi) is 8.43. The van der Waals surface area contributed by atoms with Crippen molar-refractivity contribution in [1.82, 2.24) is 0 Å². The number of hydrogen-bond donors (Lipinski definition) is 0. The van der Waals surface area contributed by atoms with E-state index >= 15 is 0 Å². The molecule has 0 saturated carbocycles. The van der Waals surface area contributed by atoms with E-state index in [9.17, 15) is 4.79 Å². The van der Waals surface area contributed by atoms with Gasteiger partial charge in [-0.25, -0.2) is 0 Å². The molecule has 0 aliphatic heterocycles. The molecule has 142 valence electrons. The fourth-order valence-electron chi connectivity index (χ4n) is 3.42. The van der Waals surface area contributed by atoms with Gasteiger partial charge >= 0.3 is 5.97 Å². The van der Waals surface area contributed by atoms with Crippen LogP contribution < -0.4 is 4.74 Å². The van der Waals surface area contributed by atoms with E-state index in [4.69, 9.17) is 14.2 Å². The number of hydrogen-bond acceptors (Lipinski definition) is 4. The van der Waals surface area contributed by atoms with Crippen molar-refractivity contribution >= 4 is 5.97 Å². The summed E-state index contributed by atoms with van der Waals surface area (Å²) in [7, 11) is 0. The van der Waals surface area contributed by atoms with Crippen molar-refractivity contribution < 1.29 is 19.0 Å². The molecule has 1 aromatic rings. The van der Waals surface area contributed by atoms with Crippen LogP contribution in [0.4, 0.5) is 0 Å². The normalized spacial score (nSPS) is 14.2. The Morgan fingerprint density at radius 1 is 1.16 bits per heavy atom. The van der Waals surface area contributed by atoms with Gasteiger partial charge in [-0.15, -0.1) is 0 Å². The standard InChI is InChI=1S/C21H34O4/c1-8-19(24-13-12-23-16(4)22)25-18-11-9-10-17(14-18)20(15(2)3)21(5,6)7/h9-11,14-15,19-20H,8,12-13H2,1-7H3. The van der Waals surface area contributed by atoms with Crippen molar-refractivity contribution in [2.45, 2.75) is 67.1 Å². The number of benzene rings is 1. The quantitative estimate of drug-likeness (QED) is 0.350. The van der Waals surface area contributed by atoms with Crippen molar-refractivity contribution in [1.29, 1.82) is 0 Å². The van der Waals surface area contributed by atoms with Crippen LogP contribution in [0.1, 0.15) is 66.4 Å². The van der Waals surface area contributed by atoms with Crippen molar-refractivity contribution in [3.05, 3.63) is 29.8 Å². The molecule has 0 amide bonds. The highest BCUT2D eigenvalue weighted by atomic mass is 16.7. The summed E-state index contributed by atoms with van der Waals surface area (Å²) in [5.41, 5.74) is 1.46. The number of rotatable bonds is 9. The third kappa shape index (κ3) is 7.47. The van der Waals surface area contributed by atoms with Crippen molar-refractivity contribution in [2.75, 3.05) is 13.2 Å². The Balaban J connectivity index is 2.77. The van der Waals surface area contributed by atoms with E-state index in [0.717, 1.165) is 12.2 Å². The van der Waals surface area contributed by atoms with Gasteiger partial charge in [0.25, 0.3) is 0 Å². The van der Waals surface area contributed by atoms with E-state index in [-0.39, 0.29) is 24.3 Å². The second kappa shape index (κ2) is 9.81. The summed E-state index contributed by atoms with van der Waals surface area (Å²) in [6.45, 7) is 15.3. The lowest BCUT2D eigenvalue weighted by Crippen LogP contribution is -2.24. The number of carbonyl (C=O) groups is 1. The lowest BCUT2D eigenvalue weighted by molar-refractivity contribution is -0.146. The van der Waals surface area contributed by atoms with Gasteiger partial charge in [0.1, 0.15) is 12.4 Å². The SMILES string of the molecule is CCC(OCCOC(C)=O)Oc1cccc(C(C(C)C)C(C)(C)C)c1. The van der Waals surface area contributed by atoms with Crippen LogP contribution in [-0.2, 0) is 14.3 Å². The van der Waals surface area contributed by atoms with Gasteiger partial charge in [-0.05, 0) is 34.9 Å². The summed E-state index contributed by atoms with van der Waals surface area (Å²) in [5.74, 6) is 1.50. The van der Waals surface area contributed by atoms with E-state index < -0.39 is 0 Å². The third-order valence-corrected chi connectivity index (χ3v) is 4.11. The topological polar surface area (TPSA) is 44.8 Å². The second-order valence-electron chi connectivity index (χ2n) is 7.83. The summed E-state index contributed by atoms with van der Waals surface area (Å²) < 4.78 is 16.5. The van der Waals surface area contributed by atoms with Gasteiger partial charge in [0.15, 0.2) is 6.29 Å². The third-order valence-electron chi connectivity index (χ3n) is 4.11. The van der Waals surface area contributed by atoms with Gasteiger partial charge in [0.05, 0.1) is 6.61 Å². The van der Waals surface area contributed by atoms with Gasteiger partial charge in [0, 0.05) is 13.3 Å².